The van der Waals surface area contributed by atoms with Gasteiger partial charge in [0, 0.05) is 19.1 Å². The van der Waals surface area contributed by atoms with Gasteiger partial charge in [-0.25, -0.2) is 4.79 Å². The Morgan fingerprint density at radius 3 is 2.79 bits per heavy atom. The number of hydrogen-bond donors (Lipinski definition) is 1. The van der Waals surface area contributed by atoms with Gasteiger partial charge in [0.2, 0.25) is 0 Å². The highest BCUT2D eigenvalue weighted by Gasteiger charge is 2.26. The maximum atomic E-state index is 11.7. The normalized spacial score (nSPS) is 27.5. The van der Waals surface area contributed by atoms with E-state index in [1.165, 1.54) is 6.42 Å². The van der Waals surface area contributed by atoms with Gasteiger partial charge in [-0.1, -0.05) is 13.8 Å². The van der Waals surface area contributed by atoms with Crippen LogP contribution >= 0.6 is 0 Å². The fourth-order valence-electron chi connectivity index (χ4n) is 1.91. The minimum absolute atomic E-state index is 0.117. The molecule has 1 heterocycles. The van der Waals surface area contributed by atoms with Gasteiger partial charge in [-0.15, -0.1) is 0 Å². The molecular formula is C11H22N2O. The van der Waals surface area contributed by atoms with E-state index in [9.17, 15) is 4.79 Å². The molecule has 3 heteroatoms. The van der Waals surface area contributed by atoms with Crippen LogP contribution in [-0.2, 0) is 0 Å². The van der Waals surface area contributed by atoms with Crippen LogP contribution in [0.1, 0.15) is 40.0 Å². The van der Waals surface area contributed by atoms with E-state index in [4.69, 9.17) is 0 Å². The van der Waals surface area contributed by atoms with Crippen LogP contribution in [0.5, 0.6) is 0 Å². The van der Waals surface area contributed by atoms with Crippen LogP contribution in [0.3, 0.4) is 0 Å². The van der Waals surface area contributed by atoms with Gasteiger partial charge in [0.05, 0.1) is 0 Å². The average Bonchev–Trinajstić information content (AvgIpc) is 2.18. The van der Waals surface area contributed by atoms with Crippen LogP contribution in [-0.4, -0.2) is 30.1 Å². The summed E-state index contributed by atoms with van der Waals surface area (Å²) in [6, 6.07) is 0.522. The molecule has 82 valence electrons. The molecular weight excluding hydrogens is 176 g/mol. The molecule has 0 radical (unpaired) electrons. The van der Waals surface area contributed by atoms with E-state index in [0.717, 1.165) is 25.9 Å². The lowest BCUT2D eigenvalue weighted by Crippen LogP contribution is -2.49. The largest absolute Gasteiger partial charge is 0.338 e. The van der Waals surface area contributed by atoms with E-state index in [1.54, 1.807) is 0 Å². The van der Waals surface area contributed by atoms with E-state index in [1.807, 2.05) is 4.90 Å². The summed E-state index contributed by atoms with van der Waals surface area (Å²) in [4.78, 5) is 13.7. The van der Waals surface area contributed by atoms with Gasteiger partial charge in [-0.05, 0) is 32.1 Å². The Kier molecular flexibility index (Phi) is 4.23. The first-order valence-corrected chi connectivity index (χ1v) is 5.69. The van der Waals surface area contributed by atoms with Gasteiger partial charge in [0.25, 0.3) is 0 Å². The number of carbonyl (C=O) groups excluding carboxylic acids is 1. The van der Waals surface area contributed by atoms with Crippen LogP contribution in [0, 0.1) is 5.92 Å². The highest BCUT2D eigenvalue weighted by molar-refractivity contribution is 5.74. The summed E-state index contributed by atoms with van der Waals surface area (Å²) < 4.78 is 0. The predicted molar refractivity (Wildman–Crippen MR) is 58.3 cm³/mol. The summed E-state index contributed by atoms with van der Waals surface area (Å²) in [6.07, 6.45) is 3.39. The zero-order valence-corrected chi connectivity index (χ0v) is 9.55. The summed E-state index contributed by atoms with van der Waals surface area (Å²) in [6.45, 7) is 8.12. The molecule has 3 nitrogen and oxygen atoms in total. The quantitative estimate of drug-likeness (QED) is 0.725. The molecule has 0 aromatic carbocycles. The Hall–Kier alpha value is -0.730. The number of piperidine rings is 1. The monoisotopic (exact) mass is 198 g/mol. The topological polar surface area (TPSA) is 32.3 Å². The number of nitrogens with zero attached hydrogens (tertiary/aromatic N) is 1. The number of urea groups is 1. The van der Waals surface area contributed by atoms with Crippen molar-refractivity contribution in [2.45, 2.75) is 46.1 Å². The first-order valence-electron chi connectivity index (χ1n) is 5.69. The van der Waals surface area contributed by atoms with Crippen molar-refractivity contribution in [1.82, 2.24) is 10.2 Å². The van der Waals surface area contributed by atoms with Crippen molar-refractivity contribution in [3.8, 4) is 0 Å². The number of carbonyl (C=O) groups is 1. The molecule has 2 unspecified atom stereocenters. The maximum absolute atomic E-state index is 11.7. The zero-order chi connectivity index (χ0) is 10.6. The van der Waals surface area contributed by atoms with E-state index in [2.05, 4.69) is 26.1 Å². The van der Waals surface area contributed by atoms with Gasteiger partial charge in [-0.3, -0.25) is 0 Å². The van der Waals surface area contributed by atoms with E-state index in [-0.39, 0.29) is 6.03 Å². The highest BCUT2D eigenvalue weighted by Crippen LogP contribution is 2.20. The van der Waals surface area contributed by atoms with Gasteiger partial charge >= 0.3 is 6.03 Å². The van der Waals surface area contributed by atoms with Crippen LogP contribution in [0.25, 0.3) is 0 Å². The Morgan fingerprint density at radius 2 is 2.14 bits per heavy atom. The van der Waals surface area contributed by atoms with Crippen LogP contribution in [0.2, 0.25) is 0 Å². The highest BCUT2D eigenvalue weighted by atomic mass is 16.2. The van der Waals surface area contributed by atoms with Crippen molar-refractivity contribution in [1.29, 1.82) is 0 Å². The standard InChI is InChI=1S/C11H22N2O/c1-4-7-12-11(14)13-8-9(2)5-6-10(13)3/h9-10H,4-8H2,1-3H3,(H,12,14). The Balaban J connectivity index is 2.43. The SMILES string of the molecule is CCCNC(=O)N1CC(C)CCC1C. The van der Waals surface area contributed by atoms with Crippen molar-refractivity contribution in [3.05, 3.63) is 0 Å². The summed E-state index contributed by atoms with van der Waals surface area (Å²) in [5, 5.41) is 2.94. The van der Waals surface area contributed by atoms with Crippen molar-refractivity contribution < 1.29 is 4.79 Å². The molecule has 1 fully saturated rings. The lowest BCUT2D eigenvalue weighted by Gasteiger charge is -2.36. The number of nitrogens with one attached hydrogen (secondary N) is 1. The molecule has 0 saturated carbocycles. The fourth-order valence-corrected chi connectivity index (χ4v) is 1.91. The molecule has 0 aliphatic carbocycles. The molecule has 0 aromatic heterocycles. The van der Waals surface area contributed by atoms with Crippen molar-refractivity contribution in [2.24, 2.45) is 5.92 Å². The number of hydrogen-bond acceptors (Lipinski definition) is 1. The van der Waals surface area contributed by atoms with Crippen molar-refractivity contribution in [2.75, 3.05) is 13.1 Å². The predicted octanol–water partition coefficient (Wildman–Crippen LogP) is 2.23. The van der Waals surface area contributed by atoms with Gasteiger partial charge in [0.15, 0.2) is 0 Å². The number of rotatable bonds is 2. The smallest absolute Gasteiger partial charge is 0.317 e. The van der Waals surface area contributed by atoms with Gasteiger partial charge in [0.1, 0.15) is 0 Å². The maximum Gasteiger partial charge on any atom is 0.317 e. The first kappa shape index (κ1) is 11.3. The third-order valence-electron chi connectivity index (χ3n) is 2.90. The molecule has 2 atom stereocenters. The molecule has 1 aliphatic rings. The van der Waals surface area contributed by atoms with Crippen LogP contribution in [0.4, 0.5) is 4.79 Å². The second-order valence-electron chi connectivity index (χ2n) is 4.42. The fraction of sp³-hybridized carbons (Fsp3) is 0.909. The molecule has 0 spiro atoms. The molecule has 1 rings (SSSR count). The summed E-state index contributed by atoms with van der Waals surface area (Å²) >= 11 is 0. The van der Waals surface area contributed by atoms with E-state index < -0.39 is 0 Å². The molecule has 2 amide bonds. The first-order chi connectivity index (χ1) is 6.65. The third-order valence-corrected chi connectivity index (χ3v) is 2.90. The van der Waals surface area contributed by atoms with Gasteiger partial charge < -0.3 is 10.2 Å². The Labute approximate surface area is 86.9 Å². The van der Waals surface area contributed by atoms with Crippen molar-refractivity contribution >= 4 is 6.03 Å². The zero-order valence-electron chi connectivity index (χ0n) is 9.55. The van der Waals surface area contributed by atoms with E-state index >= 15 is 0 Å². The second-order valence-corrected chi connectivity index (χ2v) is 4.42. The van der Waals surface area contributed by atoms with Crippen molar-refractivity contribution in [3.63, 3.8) is 0 Å². The molecule has 1 aliphatic heterocycles. The second kappa shape index (κ2) is 5.23. The summed E-state index contributed by atoms with van der Waals surface area (Å²) in [5.41, 5.74) is 0. The Morgan fingerprint density at radius 1 is 1.43 bits per heavy atom. The third kappa shape index (κ3) is 2.89. The minimum atomic E-state index is 0.117. The lowest BCUT2D eigenvalue weighted by atomic mass is 9.95. The lowest BCUT2D eigenvalue weighted by molar-refractivity contribution is 0.136. The summed E-state index contributed by atoms with van der Waals surface area (Å²) in [7, 11) is 0. The van der Waals surface area contributed by atoms with E-state index in [0.29, 0.717) is 12.0 Å². The molecule has 0 aromatic rings. The molecule has 1 N–H and O–H groups in total. The van der Waals surface area contributed by atoms with Crippen LogP contribution < -0.4 is 5.32 Å². The minimum Gasteiger partial charge on any atom is -0.338 e. The number of likely N-dealkylation sites (tertiary alicyclic amines) is 1. The summed E-state index contributed by atoms with van der Waals surface area (Å²) in [5.74, 6) is 0.651. The molecule has 1 saturated heterocycles. The number of amides is 2. The van der Waals surface area contributed by atoms with Gasteiger partial charge in [-0.2, -0.15) is 0 Å². The average molecular weight is 198 g/mol. The molecule has 14 heavy (non-hydrogen) atoms. The Bertz CT molecular complexity index is 194. The molecule has 0 bridgehead atoms. The van der Waals surface area contributed by atoms with Crippen LogP contribution in [0.15, 0.2) is 0 Å².